The van der Waals surface area contributed by atoms with Crippen LogP contribution in [0.15, 0.2) is 53.7 Å². The third-order valence-corrected chi connectivity index (χ3v) is 8.64. The molecular weight excluding hydrogens is 557 g/mol. The maximum atomic E-state index is 15.0. The molecule has 0 spiro atoms. The van der Waals surface area contributed by atoms with Gasteiger partial charge in [0.1, 0.15) is 4.90 Å². The molecule has 1 fully saturated rings. The Morgan fingerprint density at radius 2 is 1.83 bits per heavy atom. The van der Waals surface area contributed by atoms with Gasteiger partial charge in [0.05, 0.1) is 28.6 Å². The van der Waals surface area contributed by atoms with Gasteiger partial charge in [-0.2, -0.15) is 0 Å². The number of aromatic nitrogens is 3. The molecule has 42 heavy (non-hydrogen) atoms. The van der Waals surface area contributed by atoms with Gasteiger partial charge in [0.2, 0.25) is 11.9 Å². The molecule has 0 aliphatic carbocycles. The van der Waals surface area contributed by atoms with Gasteiger partial charge in [-0.3, -0.25) is 9.69 Å². The molecule has 3 atom stereocenters. The van der Waals surface area contributed by atoms with Crippen molar-refractivity contribution in [2.75, 3.05) is 30.0 Å². The molecule has 2 aromatic heterocycles. The van der Waals surface area contributed by atoms with Crippen molar-refractivity contribution in [2.45, 2.75) is 57.1 Å². The number of H-pyrrole nitrogens is 1. The first-order valence-corrected chi connectivity index (χ1v) is 15.9. The molecule has 12 heteroatoms. The van der Waals surface area contributed by atoms with Gasteiger partial charge in [-0.1, -0.05) is 25.1 Å². The molecule has 1 aliphatic rings. The average Bonchev–Trinajstić information content (AvgIpc) is 3.35. The fourth-order valence-electron chi connectivity index (χ4n) is 5.69. The average molecular weight is 594 g/mol. The third kappa shape index (κ3) is 6.01. The molecule has 0 radical (unpaired) electrons. The molecule has 2 aromatic carbocycles. The number of rotatable bonds is 8. The van der Waals surface area contributed by atoms with Crippen LogP contribution in [0, 0.1) is 12.7 Å². The molecule has 1 aliphatic heterocycles. The topological polar surface area (TPSA) is 132 Å². The van der Waals surface area contributed by atoms with E-state index in [1.54, 1.807) is 6.20 Å². The number of halogens is 1. The first-order valence-electron chi connectivity index (χ1n) is 14.0. The van der Waals surface area contributed by atoms with E-state index in [0.29, 0.717) is 29.9 Å². The van der Waals surface area contributed by atoms with Crippen LogP contribution < -0.4 is 16.0 Å². The Morgan fingerprint density at radius 3 is 2.52 bits per heavy atom. The number of piperazine rings is 1. The monoisotopic (exact) mass is 593 g/mol. The van der Waals surface area contributed by atoms with E-state index in [1.165, 1.54) is 18.2 Å². The van der Waals surface area contributed by atoms with Crippen LogP contribution in [-0.2, 0) is 14.6 Å². The van der Waals surface area contributed by atoms with Gasteiger partial charge in [0, 0.05) is 54.8 Å². The van der Waals surface area contributed by atoms with Gasteiger partial charge >= 0.3 is 0 Å². The zero-order valence-corrected chi connectivity index (χ0v) is 25.1. The maximum Gasteiger partial charge on any atom is 0.241 e. The van der Waals surface area contributed by atoms with Gasteiger partial charge in [0.15, 0.2) is 15.7 Å². The van der Waals surface area contributed by atoms with Crippen molar-refractivity contribution in [3.05, 3.63) is 60.2 Å². The largest absolute Gasteiger partial charge is 0.359 e. The number of amides is 1. The summed E-state index contributed by atoms with van der Waals surface area (Å²) >= 11 is 0. The van der Waals surface area contributed by atoms with Gasteiger partial charge in [-0.25, -0.2) is 22.8 Å². The lowest BCUT2D eigenvalue weighted by atomic mass is 10.0. The van der Waals surface area contributed by atoms with E-state index >= 15 is 0 Å². The number of nitrogens with zero attached hydrogens (tertiary/aromatic N) is 3. The summed E-state index contributed by atoms with van der Waals surface area (Å²) in [5.41, 5.74) is 3.56. The fourth-order valence-corrected chi connectivity index (χ4v) is 6.45. The van der Waals surface area contributed by atoms with Crippen LogP contribution in [0.2, 0.25) is 0 Å². The second-order valence-electron chi connectivity index (χ2n) is 11.0. The van der Waals surface area contributed by atoms with Crippen molar-refractivity contribution < 1.29 is 17.6 Å². The Kier molecular flexibility index (Phi) is 8.31. The van der Waals surface area contributed by atoms with E-state index in [0.717, 1.165) is 41.4 Å². The molecular formula is C30H36FN7O3S. The summed E-state index contributed by atoms with van der Waals surface area (Å²) in [5.74, 6) is -0.831. The van der Waals surface area contributed by atoms with E-state index in [4.69, 9.17) is 0 Å². The molecule has 1 unspecified atom stereocenters. The number of anilines is 3. The molecule has 0 saturated carbocycles. The third-order valence-electron chi connectivity index (χ3n) is 7.53. The Balaban J connectivity index is 1.43. The summed E-state index contributed by atoms with van der Waals surface area (Å²) < 4.78 is 38.9. The number of fused-ring (bicyclic) bond motifs is 1. The first-order chi connectivity index (χ1) is 20.0. The number of para-hydroxylation sites is 1. The zero-order chi connectivity index (χ0) is 30.2. The van der Waals surface area contributed by atoms with Gasteiger partial charge in [0.25, 0.3) is 0 Å². The minimum absolute atomic E-state index is 0.0459. The van der Waals surface area contributed by atoms with Crippen LogP contribution >= 0.6 is 0 Å². The molecule has 4 aromatic rings. The zero-order valence-electron chi connectivity index (χ0n) is 24.3. The van der Waals surface area contributed by atoms with Crippen molar-refractivity contribution in [1.82, 2.24) is 25.2 Å². The van der Waals surface area contributed by atoms with Crippen LogP contribution in [0.3, 0.4) is 0 Å². The number of carbonyl (C=O) groups is 1. The van der Waals surface area contributed by atoms with E-state index in [2.05, 4.69) is 49.6 Å². The van der Waals surface area contributed by atoms with Crippen LogP contribution in [-0.4, -0.2) is 71.6 Å². The predicted octanol–water partition coefficient (Wildman–Crippen LogP) is 4.62. The minimum Gasteiger partial charge on any atom is -0.359 e. The Hall–Kier alpha value is -3.87. The Bertz CT molecular complexity index is 1730. The fraction of sp³-hybridized carbons (Fsp3) is 0.367. The van der Waals surface area contributed by atoms with Crippen molar-refractivity contribution in [2.24, 2.45) is 0 Å². The summed E-state index contributed by atoms with van der Waals surface area (Å²) in [6.45, 7) is 9.77. The number of hydrogen-bond acceptors (Lipinski definition) is 8. The highest BCUT2D eigenvalue weighted by molar-refractivity contribution is 7.90. The van der Waals surface area contributed by atoms with E-state index in [-0.39, 0.29) is 23.6 Å². The van der Waals surface area contributed by atoms with Crippen LogP contribution in [0.1, 0.15) is 32.8 Å². The number of hydrogen-bond donors (Lipinski definition) is 4. The molecule has 5 rings (SSSR count). The summed E-state index contributed by atoms with van der Waals surface area (Å²) in [5, 5.41) is 10.3. The standard InChI is InChI=1S/C30H36FN7O3S/c1-6-24(38-15-18(3)34-19(4)16-38)29(39)35-23-11-7-9-20-21(14-32-28(20)23)27-17(2)13-33-30(37-27)36-22-10-8-12-25(26(22)31)42(5,40)41/h7-14,18-19,24,32,34H,6,15-16H2,1-5H3,(H,35,39)(H,33,36,37)/t18-,19-,24?/m1/s1. The molecule has 4 N–H and O–H groups in total. The quantitative estimate of drug-likeness (QED) is 0.233. The summed E-state index contributed by atoms with van der Waals surface area (Å²) in [6.07, 6.45) is 5.09. The van der Waals surface area contributed by atoms with Crippen LogP contribution in [0.4, 0.5) is 21.7 Å². The lowest BCUT2D eigenvalue weighted by Gasteiger charge is -2.40. The Morgan fingerprint density at radius 1 is 1.14 bits per heavy atom. The normalized spacial score (nSPS) is 18.6. The highest BCUT2D eigenvalue weighted by Gasteiger charge is 2.30. The first kappa shape index (κ1) is 29.6. The van der Waals surface area contributed by atoms with Gasteiger partial charge in [-0.15, -0.1) is 0 Å². The SMILES string of the molecule is CCC(C(=O)Nc1cccc2c(-c3nc(Nc4cccc(S(C)(=O)=O)c4F)ncc3C)c[nH]c12)N1C[C@@H](C)N[C@H](C)C1. The minimum atomic E-state index is -3.75. The number of aromatic amines is 1. The number of sulfone groups is 1. The number of benzene rings is 2. The lowest BCUT2D eigenvalue weighted by Crippen LogP contribution is -2.59. The Labute approximate surface area is 245 Å². The molecule has 10 nitrogen and oxygen atoms in total. The van der Waals surface area contributed by atoms with E-state index in [9.17, 15) is 17.6 Å². The van der Waals surface area contributed by atoms with Crippen molar-refractivity contribution in [3.63, 3.8) is 0 Å². The van der Waals surface area contributed by atoms with Crippen LogP contribution in [0.25, 0.3) is 22.2 Å². The van der Waals surface area contributed by atoms with Gasteiger partial charge in [-0.05, 0) is 51.0 Å². The lowest BCUT2D eigenvalue weighted by molar-refractivity contribution is -0.122. The van der Waals surface area contributed by atoms with Gasteiger partial charge < -0.3 is 20.9 Å². The molecule has 1 saturated heterocycles. The van der Waals surface area contributed by atoms with Crippen molar-refractivity contribution in [1.29, 1.82) is 0 Å². The highest BCUT2D eigenvalue weighted by Crippen LogP contribution is 2.34. The molecule has 1 amide bonds. The van der Waals surface area contributed by atoms with Crippen molar-refractivity contribution >= 4 is 44.0 Å². The molecule has 3 heterocycles. The predicted molar refractivity (Wildman–Crippen MR) is 163 cm³/mol. The van der Waals surface area contributed by atoms with Crippen molar-refractivity contribution in [3.8, 4) is 11.3 Å². The molecule has 222 valence electrons. The molecule has 0 bridgehead atoms. The number of carbonyl (C=O) groups excluding carboxylic acids is 1. The van der Waals surface area contributed by atoms with E-state index < -0.39 is 20.5 Å². The van der Waals surface area contributed by atoms with Crippen LogP contribution in [0.5, 0.6) is 0 Å². The highest BCUT2D eigenvalue weighted by atomic mass is 32.2. The smallest absolute Gasteiger partial charge is 0.241 e. The summed E-state index contributed by atoms with van der Waals surface area (Å²) in [6, 6.07) is 10.2. The number of nitrogens with one attached hydrogen (secondary N) is 4. The second kappa shape index (κ2) is 11.8. The summed E-state index contributed by atoms with van der Waals surface area (Å²) in [7, 11) is -3.75. The summed E-state index contributed by atoms with van der Waals surface area (Å²) in [4.78, 5) is 27.5. The second-order valence-corrected chi connectivity index (χ2v) is 13.0. The van der Waals surface area contributed by atoms with E-state index in [1.807, 2.05) is 38.2 Å². The maximum absolute atomic E-state index is 15.0. The number of aryl methyl sites for hydroxylation is 1.